The number of nitrogens with one attached hydrogen (secondary N) is 1. The zero-order valence-corrected chi connectivity index (χ0v) is 12.5. The number of anilines is 1. The van der Waals surface area contributed by atoms with Gasteiger partial charge in [0.2, 0.25) is 0 Å². The molecule has 1 saturated heterocycles. The molecule has 7 heteroatoms. The molecule has 2 amide bonds. The molecule has 2 atom stereocenters. The Morgan fingerprint density at radius 3 is 2.76 bits per heavy atom. The Hall–Kier alpha value is -1.66. The minimum atomic E-state index is -0.822. The van der Waals surface area contributed by atoms with Crippen LogP contribution in [-0.2, 0) is 14.3 Å². The van der Waals surface area contributed by atoms with E-state index in [0.717, 1.165) is 12.1 Å². The van der Waals surface area contributed by atoms with Crippen LogP contribution >= 0.6 is 11.6 Å². The van der Waals surface area contributed by atoms with Gasteiger partial charge in [-0.15, -0.1) is 0 Å². The highest BCUT2D eigenvalue weighted by Crippen LogP contribution is 2.19. The van der Waals surface area contributed by atoms with E-state index in [1.165, 1.54) is 11.0 Å². The summed E-state index contributed by atoms with van der Waals surface area (Å²) in [6.45, 7) is 4.39. The number of carbonyl (C=O) groups excluding carboxylic acids is 2. The van der Waals surface area contributed by atoms with Crippen LogP contribution in [0.2, 0.25) is 5.02 Å². The molecule has 0 aliphatic carbocycles. The third kappa shape index (κ3) is 3.71. The highest BCUT2D eigenvalue weighted by Gasteiger charge is 2.32. The quantitative estimate of drug-likeness (QED) is 0.807. The highest BCUT2D eigenvalue weighted by atomic mass is 35.5. The monoisotopic (exact) mass is 314 g/mol. The number of halogens is 2. The van der Waals surface area contributed by atoms with Crippen LogP contribution in [0.25, 0.3) is 0 Å². The van der Waals surface area contributed by atoms with Gasteiger partial charge in [0.15, 0.2) is 0 Å². The molecule has 0 unspecified atom stereocenters. The van der Waals surface area contributed by atoms with Gasteiger partial charge >= 0.3 is 11.8 Å². The van der Waals surface area contributed by atoms with Gasteiger partial charge in [-0.3, -0.25) is 9.59 Å². The van der Waals surface area contributed by atoms with Crippen molar-refractivity contribution in [3.8, 4) is 0 Å². The Morgan fingerprint density at radius 2 is 2.10 bits per heavy atom. The van der Waals surface area contributed by atoms with Crippen molar-refractivity contribution in [1.29, 1.82) is 0 Å². The van der Waals surface area contributed by atoms with Gasteiger partial charge in [-0.05, 0) is 32.0 Å². The number of hydrogen-bond acceptors (Lipinski definition) is 3. The molecular weight excluding hydrogens is 299 g/mol. The molecular formula is C14H16ClFN2O3. The summed E-state index contributed by atoms with van der Waals surface area (Å²) in [5.74, 6) is -2.07. The molecule has 0 bridgehead atoms. The molecule has 1 aliphatic rings. The first kappa shape index (κ1) is 15.7. The van der Waals surface area contributed by atoms with Crippen molar-refractivity contribution in [3.63, 3.8) is 0 Å². The second-order valence-corrected chi connectivity index (χ2v) is 5.36. The van der Waals surface area contributed by atoms with Gasteiger partial charge in [0, 0.05) is 17.3 Å². The van der Waals surface area contributed by atoms with Crippen LogP contribution in [0.4, 0.5) is 10.1 Å². The summed E-state index contributed by atoms with van der Waals surface area (Å²) < 4.78 is 18.6. The average molecular weight is 315 g/mol. The first-order valence-electron chi connectivity index (χ1n) is 6.58. The van der Waals surface area contributed by atoms with E-state index in [1.807, 2.05) is 13.8 Å². The highest BCUT2D eigenvalue weighted by molar-refractivity contribution is 6.39. The maximum Gasteiger partial charge on any atom is 0.313 e. The SMILES string of the molecule is C[C@H]1OCCN(C(=O)C(=O)Nc2cc(F)cc(Cl)c2)[C@H]1C. The van der Waals surface area contributed by atoms with Crippen molar-refractivity contribution in [3.05, 3.63) is 29.0 Å². The summed E-state index contributed by atoms with van der Waals surface area (Å²) in [5, 5.41) is 2.51. The fourth-order valence-electron chi connectivity index (χ4n) is 2.16. The Morgan fingerprint density at radius 1 is 1.38 bits per heavy atom. The molecule has 21 heavy (non-hydrogen) atoms. The zero-order valence-electron chi connectivity index (χ0n) is 11.7. The van der Waals surface area contributed by atoms with Crippen LogP contribution in [0.1, 0.15) is 13.8 Å². The lowest BCUT2D eigenvalue weighted by Crippen LogP contribution is -2.54. The van der Waals surface area contributed by atoms with E-state index in [9.17, 15) is 14.0 Å². The van der Waals surface area contributed by atoms with Gasteiger partial charge in [0.1, 0.15) is 5.82 Å². The summed E-state index contributed by atoms with van der Waals surface area (Å²) >= 11 is 5.70. The van der Waals surface area contributed by atoms with Crippen molar-refractivity contribution in [1.82, 2.24) is 4.90 Å². The van der Waals surface area contributed by atoms with E-state index in [1.54, 1.807) is 0 Å². The summed E-state index contributed by atoms with van der Waals surface area (Å²) in [6, 6.07) is 3.39. The number of morpholine rings is 1. The standard InChI is InChI=1S/C14H16ClFN2O3/c1-8-9(2)21-4-3-18(8)14(20)13(19)17-12-6-10(15)5-11(16)7-12/h5-9H,3-4H2,1-2H3,(H,17,19)/t8-,9+/m0/s1. The predicted molar refractivity (Wildman–Crippen MR) is 76.6 cm³/mol. The smallest absolute Gasteiger partial charge is 0.313 e. The average Bonchev–Trinajstić information content (AvgIpc) is 2.40. The second kappa shape index (κ2) is 6.41. The minimum absolute atomic E-state index is 0.140. The summed E-state index contributed by atoms with van der Waals surface area (Å²) in [4.78, 5) is 25.6. The second-order valence-electron chi connectivity index (χ2n) is 4.93. The van der Waals surface area contributed by atoms with Crippen LogP contribution in [0, 0.1) is 5.82 Å². The molecule has 2 rings (SSSR count). The molecule has 1 N–H and O–H groups in total. The fourth-order valence-corrected chi connectivity index (χ4v) is 2.38. The number of rotatable bonds is 1. The fraction of sp³-hybridized carbons (Fsp3) is 0.429. The van der Waals surface area contributed by atoms with Crippen molar-refractivity contribution in [2.24, 2.45) is 0 Å². The van der Waals surface area contributed by atoms with Crippen LogP contribution in [0.3, 0.4) is 0 Å². The topological polar surface area (TPSA) is 58.6 Å². The predicted octanol–water partition coefficient (Wildman–Crippen LogP) is 2.05. The number of amides is 2. The Kier molecular flexibility index (Phi) is 4.80. The van der Waals surface area contributed by atoms with Crippen LogP contribution < -0.4 is 5.32 Å². The molecule has 0 radical (unpaired) electrons. The van der Waals surface area contributed by atoms with Gasteiger partial charge < -0.3 is 15.0 Å². The molecule has 114 valence electrons. The maximum absolute atomic E-state index is 13.2. The molecule has 1 heterocycles. The molecule has 0 aromatic heterocycles. The van der Waals surface area contributed by atoms with Crippen LogP contribution in [0.15, 0.2) is 18.2 Å². The lowest BCUT2D eigenvalue weighted by molar-refractivity contribution is -0.152. The molecule has 1 aromatic rings. The first-order valence-corrected chi connectivity index (χ1v) is 6.96. The molecule has 1 aromatic carbocycles. The third-order valence-corrected chi connectivity index (χ3v) is 3.68. The van der Waals surface area contributed by atoms with Crippen molar-refractivity contribution in [2.75, 3.05) is 18.5 Å². The van der Waals surface area contributed by atoms with Gasteiger partial charge in [-0.25, -0.2) is 4.39 Å². The number of hydrogen-bond donors (Lipinski definition) is 1. The maximum atomic E-state index is 13.2. The van der Waals surface area contributed by atoms with E-state index in [4.69, 9.17) is 16.3 Å². The summed E-state index contributed by atoms with van der Waals surface area (Å²) in [6.07, 6.45) is -0.140. The Labute approximate surface area is 127 Å². The minimum Gasteiger partial charge on any atom is -0.375 e. The molecule has 0 saturated carbocycles. The van der Waals surface area contributed by atoms with Gasteiger partial charge in [0.25, 0.3) is 0 Å². The number of ether oxygens (including phenoxy) is 1. The number of benzene rings is 1. The Balaban J connectivity index is 2.07. The van der Waals surface area contributed by atoms with E-state index in [2.05, 4.69) is 5.32 Å². The van der Waals surface area contributed by atoms with Gasteiger partial charge in [-0.2, -0.15) is 0 Å². The first-order chi connectivity index (χ1) is 9.88. The normalized spacial score (nSPS) is 22.0. The van der Waals surface area contributed by atoms with Crippen molar-refractivity contribution in [2.45, 2.75) is 26.0 Å². The molecule has 5 nitrogen and oxygen atoms in total. The molecule has 0 spiro atoms. The van der Waals surface area contributed by atoms with Crippen LogP contribution in [0.5, 0.6) is 0 Å². The van der Waals surface area contributed by atoms with E-state index in [0.29, 0.717) is 13.2 Å². The summed E-state index contributed by atoms with van der Waals surface area (Å²) in [5.41, 5.74) is 0.146. The zero-order chi connectivity index (χ0) is 15.6. The molecule has 1 aliphatic heterocycles. The lowest BCUT2D eigenvalue weighted by Gasteiger charge is -2.37. The largest absolute Gasteiger partial charge is 0.375 e. The van der Waals surface area contributed by atoms with Crippen LogP contribution in [-0.4, -0.2) is 42.0 Å². The van der Waals surface area contributed by atoms with E-state index >= 15 is 0 Å². The lowest BCUT2D eigenvalue weighted by atomic mass is 10.1. The van der Waals surface area contributed by atoms with Gasteiger partial charge in [-0.1, -0.05) is 11.6 Å². The third-order valence-electron chi connectivity index (χ3n) is 3.46. The van der Waals surface area contributed by atoms with Crippen molar-refractivity contribution < 1.29 is 18.7 Å². The molecule has 1 fully saturated rings. The van der Waals surface area contributed by atoms with E-state index < -0.39 is 17.6 Å². The van der Waals surface area contributed by atoms with E-state index in [-0.39, 0.29) is 22.9 Å². The summed E-state index contributed by atoms with van der Waals surface area (Å²) in [7, 11) is 0. The Bertz CT molecular complexity index is 547. The number of carbonyl (C=O) groups is 2. The van der Waals surface area contributed by atoms with Gasteiger partial charge in [0.05, 0.1) is 18.8 Å². The van der Waals surface area contributed by atoms with Crippen molar-refractivity contribution >= 4 is 29.1 Å². The number of nitrogens with zero attached hydrogens (tertiary/aromatic N) is 1.